The quantitative estimate of drug-likeness (QED) is 0.919. The number of anilines is 1. The molecule has 1 amide bonds. The Morgan fingerprint density at radius 3 is 2.70 bits per heavy atom. The van der Waals surface area contributed by atoms with Gasteiger partial charge in [0.1, 0.15) is 5.75 Å². The number of rotatable bonds is 4. The van der Waals surface area contributed by atoms with Gasteiger partial charge in [-0.1, -0.05) is 40.2 Å². The van der Waals surface area contributed by atoms with E-state index in [0.717, 1.165) is 15.6 Å². The van der Waals surface area contributed by atoms with Gasteiger partial charge in [-0.3, -0.25) is 4.79 Å². The van der Waals surface area contributed by atoms with E-state index >= 15 is 0 Å². The molecule has 3 nitrogen and oxygen atoms in total. The molecular weight excluding hydrogens is 318 g/mol. The smallest absolute Gasteiger partial charge is 0.228 e. The van der Waals surface area contributed by atoms with E-state index in [-0.39, 0.29) is 5.91 Å². The van der Waals surface area contributed by atoms with Gasteiger partial charge in [-0.15, -0.1) is 0 Å². The van der Waals surface area contributed by atoms with Crippen molar-refractivity contribution in [1.82, 2.24) is 0 Å². The summed E-state index contributed by atoms with van der Waals surface area (Å²) >= 11 is 3.39. The molecule has 0 aromatic heterocycles. The third kappa shape index (κ3) is 3.61. The van der Waals surface area contributed by atoms with Crippen LogP contribution in [0.2, 0.25) is 0 Å². The van der Waals surface area contributed by atoms with Gasteiger partial charge < -0.3 is 10.1 Å². The number of amides is 1. The molecule has 20 heavy (non-hydrogen) atoms. The highest BCUT2D eigenvalue weighted by Gasteiger charge is 2.10. The predicted molar refractivity (Wildman–Crippen MR) is 84.2 cm³/mol. The summed E-state index contributed by atoms with van der Waals surface area (Å²) in [6.07, 6.45) is 0.350. The van der Waals surface area contributed by atoms with Gasteiger partial charge in [-0.05, 0) is 36.2 Å². The monoisotopic (exact) mass is 333 g/mol. The number of carbonyl (C=O) groups is 1. The van der Waals surface area contributed by atoms with Gasteiger partial charge in [0, 0.05) is 4.47 Å². The van der Waals surface area contributed by atoms with Crippen molar-refractivity contribution in [3.05, 3.63) is 58.1 Å². The van der Waals surface area contributed by atoms with Gasteiger partial charge in [-0.25, -0.2) is 0 Å². The molecule has 0 spiro atoms. The molecule has 2 aromatic rings. The Morgan fingerprint density at radius 2 is 2.00 bits per heavy atom. The Morgan fingerprint density at radius 1 is 1.25 bits per heavy atom. The number of hydrogen-bond acceptors (Lipinski definition) is 2. The maximum Gasteiger partial charge on any atom is 0.228 e. The van der Waals surface area contributed by atoms with Gasteiger partial charge >= 0.3 is 0 Å². The maximum atomic E-state index is 12.1. The van der Waals surface area contributed by atoms with Crippen molar-refractivity contribution in [2.24, 2.45) is 0 Å². The lowest BCUT2D eigenvalue weighted by atomic mass is 10.1. The van der Waals surface area contributed by atoms with E-state index in [0.29, 0.717) is 17.9 Å². The van der Waals surface area contributed by atoms with Gasteiger partial charge in [0.15, 0.2) is 0 Å². The number of halogens is 1. The van der Waals surface area contributed by atoms with Crippen LogP contribution in [-0.2, 0) is 11.2 Å². The van der Waals surface area contributed by atoms with Crippen molar-refractivity contribution in [1.29, 1.82) is 0 Å². The van der Waals surface area contributed by atoms with Crippen LogP contribution in [0.1, 0.15) is 11.1 Å². The minimum atomic E-state index is -0.0595. The van der Waals surface area contributed by atoms with Crippen LogP contribution >= 0.6 is 15.9 Å². The van der Waals surface area contributed by atoms with Crippen molar-refractivity contribution < 1.29 is 9.53 Å². The summed E-state index contributed by atoms with van der Waals surface area (Å²) < 4.78 is 6.13. The number of methoxy groups -OCH3 is 1. The minimum absolute atomic E-state index is 0.0595. The van der Waals surface area contributed by atoms with Gasteiger partial charge in [0.05, 0.1) is 19.2 Å². The van der Waals surface area contributed by atoms with Crippen LogP contribution in [0.3, 0.4) is 0 Å². The Labute approximate surface area is 127 Å². The van der Waals surface area contributed by atoms with E-state index < -0.39 is 0 Å². The molecule has 1 N–H and O–H groups in total. The second-order valence-corrected chi connectivity index (χ2v) is 5.41. The molecule has 0 aliphatic rings. The van der Waals surface area contributed by atoms with E-state index in [2.05, 4.69) is 21.2 Å². The van der Waals surface area contributed by atoms with Gasteiger partial charge in [-0.2, -0.15) is 0 Å². The summed E-state index contributed by atoms with van der Waals surface area (Å²) in [5.41, 5.74) is 2.81. The van der Waals surface area contributed by atoms with Crippen molar-refractivity contribution in [3.8, 4) is 5.75 Å². The Bertz CT molecular complexity index is 626. The number of nitrogens with one attached hydrogen (secondary N) is 1. The first-order valence-electron chi connectivity index (χ1n) is 6.28. The van der Waals surface area contributed by atoms with E-state index in [9.17, 15) is 4.79 Å². The largest absolute Gasteiger partial charge is 0.495 e. The fourth-order valence-electron chi connectivity index (χ4n) is 1.95. The molecule has 0 atom stereocenters. The highest BCUT2D eigenvalue weighted by Crippen LogP contribution is 2.28. The van der Waals surface area contributed by atoms with Gasteiger partial charge in [0.2, 0.25) is 5.91 Å². The number of carbonyl (C=O) groups excluding carboxylic acids is 1. The summed E-state index contributed by atoms with van der Waals surface area (Å²) in [6.45, 7) is 2.00. The standard InChI is InChI=1S/C16H16BrNO2/c1-11-5-3-4-6-12(11)9-16(19)18-14-10-13(17)7-8-15(14)20-2/h3-8,10H,9H2,1-2H3,(H,18,19). The van der Waals surface area contributed by atoms with Crippen LogP contribution < -0.4 is 10.1 Å². The molecule has 0 radical (unpaired) electrons. The molecule has 0 fully saturated rings. The highest BCUT2D eigenvalue weighted by atomic mass is 79.9. The SMILES string of the molecule is COc1ccc(Br)cc1NC(=O)Cc1ccccc1C. The summed E-state index contributed by atoms with van der Waals surface area (Å²) in [7, 11) is 1.58. The molecule has 0 bridgehead atoms. The first-order valence-corrected chi connectivity index (χ1v) is 7.07. The van der Waals surface area contributed by atoms with Crippen molar-refractivity contribution >= 4 is 27.5 Å². The fourth-order valence-corrected chi connectivity index (χ4v) is 2.31. The van der Waals surface area contributed by atoms with Crippen LogP contribution in [0.15, 0.2) is 46.9 Å². The normalized spacial score (nSPS) is 10.2. The number of ether oxygens (including phenoxy) is 1. The average molecular weight is 334 g/mol. The van der Waals surface area contributed by atoms with Crippen LogP contribution in [0, 0.1) is 6.92 Å². The van der Waals surface area contributed by atoms with E-state index in [1.165, 1.54) is 0 Å². The zero-order chi connectivity index (χ0) is 14.5. The lowest BCUT2D eigenvalue weighted by Crippen LogP contribution is -2.15. The third-order valence-corrected chi connectivity index (χ3v) is 3.54. The zero-order valence-corrected chi connectivity index (χ0v) is 13.0. The first kappa shape index (κ1) is 14.6. The summed E-state index contributed by atoms with van der Waals surface area (Å²) in [5.74, 6) is 0.585. The maximum absolute atomic E-state index is 12.1. The van der Waals surface area contributed by atoms with Crippen molar-refractivity contribution in [2.45, 2.75) is 13.3 Å². The van der Waals surface area contributed by atoms with Crippen molar-refractivity contribution in [2.75, 3.05) is 12.4 Å². The topological polar surface area (TPSA) is 38.3 Å². The molecule has 0 unspecified atom stereocenters. The Balaban J connectivity index is 2.12. The van der Waals surface area contributed by atoms with Crippen LogP contribution in [-0.4, -0.2) is 13.0 Å². The van der Waals surface area contributed by atoms with E-state index in [1.807, 2.05) is 49.4 Å². The highest BCUT2D eigenvalue weighted by molar-refractivity contribution is 9.10. The molecule has 0 aliphatic heterocycles. The number of hydrogen-bond donors (Lipinski definition) is 1. The van der Waals surface area contributed by atoms with Gasteiger partial charge in [0.25, 0.3) is 0 Å². The number of benzene rings is 2. The minimum Gasteiger partial charge on any atom is -0.495 e. The lowest BCUT2D eigenvalue weighted by Gasteiger charge is -2.11. The molecule has 0 aliphatic carbocycles. The second kappa shape index (κ2) is 6.57. The predicted octanol–water partition coefficient (Wildman–Crippen LogP) is 3.95. The molecule has 104 valence electrons. The Kier molecular flexibility index (Phi) is 4.79. The first-order chi connectivity index (χ1) is 9.60. The summed E-state index contributed by atoms with van der Waals surface area (Å²) in [6, 6.07) is 13.4. The fraction of sp³-hybridized carbons (Fsp3) is 0.188. The molecular formula is C16H16BrNO2. The third-order valence-electron chi connectivity index (χ3n) is 3.05. The zero-order valence-electron chi connectivity index (χ0n) is 11.4. The molecule has 2 rings (SSSR count). The molecule has 0 heterocycles. The van der Waals surface area contributed by atoms with E-state index in [4.69, 9.17) is 4.74 Å². The van der Waals surface area contributed by atoms with Crippen molar-refractivity contribution in [3.63, 3.8) is 0 Å². The molecule has 4 heteroatoms. The molecule has 0 saturated heterocycles. The van der Waals surface area contributed by atoms with Crippen LogP contribution in [0.5, 0.6) is 5.75 Å². The Hall–Kier alpha value is -1.81. The van der Waals surface area contributed by atoms with Crippen LogP contribution in [0.4, 0.5) is 5.69 Å². The summed E-state index contributed by atoms with van der Waals surface area (Å²) in [4.78, 5) is 12.1. The average Bonchev–Trinajstić information content (AvgIpc) is 2.41. The van der Waals surface area contributed by atoms with Crippen LogP contribution in [0.25, 0.3) is 0 Å². The van der Waals surface area contributed by atoms with E-state index in [1.54, 1.807) is 7.11 Å². The lowest BCUT2D eigenvalue weighted by molar-refractivity contribution is -0.115. The number of aryl methyl sites for hydroxylation is 1. The molecule has 0 saturated carbocycles. The molecule has 2 aromatic carbocycles. The second-order valence-electron chi connectivity index (χ2n) is 4.50. The summed E-state index contributed by atoms with van der Waals surface area (Å²) in [5, 5.41) is 2.88.